The van der Waals surface area contributed by atoms with Crippen molar-refractivity contribution in [3.63, 3.8) is 0 Å². The Morgan fingerprint density at radius 3 is 2.70 bits per heavy atom. The summed E-state index contributed by atoms with van der Waals surface area (Å²) in [6.07, 6.45) is 1.35. The van der Waals surface area contributed by atoms with E-state index < -0.39 is 11.4 Å². The standard InChI is InChI=1S/C14H11BrClNO3/c1-8-4-13(18)11(14(19)20)7-17(8)6-9-2-3-10(15)5-12(9)16/h2-5,7H,6H2,1H3,(H,19,20). The van der Waals surface area contributed by atoms with Gasteiger partial charge in [0.2, 0.25) is 0 Å². The molecule has 0 atom stereocenters. The summed E-state index contributed by atoms with van der Waals surface area (Å²) in [5.41, 5.74) is 0.786. The van der Waals surface area contributed by atoms with Crippen molar-refractivity contribution in [3.05, 3.63) is 67.0 Å². The molecule has 0 spiro atoms. The maximum Gasteiger partial charge on any atom is 0.341 e. The van der Waals surface area contributed by atoms with Gasteiger partial charge in [0.1, 0.15) is 5.56 Å². The first-order valence-electron chi connectivity index (χ1n) is 5.77. The number of carboxylic acid groups (broad SMARTS) is 1. The molecule has 20 heavy (non-hydrogen) atoms. The van der Waals surface area contributed by atoms with Crippen LogP contribution in [0.1, 0.15) is 21.6 Å². The fourth-order valence-corrected chi connectivity index (χ4v) is 2.57. The zero-order valence-corrected chi connectivity index (χ0v) is 12.9. The molecule has 6 heteroatoms. The number of aryl methyl sites for hydroxylation is 1. The highest BCUT2D eigenvalue weighted by atomic mass is 79.9. The Balaban J connectivity index is 2.45. The zero-order valence-electron chi connectivity index (χ0n) is 10.6. The van der Waals surface area contributed by atoms with E-state index in [-0.39, 0.29) is 5.56 Å². The van der Waals surface area contributed by atoms with E-state index in [1.54, 1.807) is 17.6 Å². The van der Waals surface area contributed by atoms with Crippen LogP contribution < -0.4 is 5.43 Å². The number of aromatic carboxylic acids is 1. The molecule has 1 N–H and O–H groups in total. The number of benzene rings is 1. The van der Waals surface area contributed by atoms with E-state index in [2.05, 4.69) is 15.9 Å². The average molecular weight is 357 g/mol. The molecule has 1 heterocycles. The molecule has 0 amide bonds. The van der Waals surface area contributed by atoms with Crippen molar-refractivity contribution in [2.45, 2.75) is 13.5 Å². The molecule has 0 fully saturated rings. The Morgan fingerprint density at radius 2 is 2.10 bits per heavy atom. The smallest absolute Gasteiger partial charge is 0.341 e. The summed E-state index contributed by atoms with van der Waals surface area (Å²) in [6, 6.07) is 6.80. The van der Waals surface area contributed by atoms with Crippen molar-refractivity contribution in [2.24, 2.45) is 0 Å². The maximum absolute atomic E-state index is 11.6. The number of pyridine rings is 1. The second kappa shape index (κ2) is 5.81. The third-order valence-electron chi connectivity index (χ3n) is 2.93. The number of aromatic nitrogens is 1. The quantitative estimate of drug-likeness (QED) is 0.918. The van der Waals surface area contributed by atoms with E-state index in [1.807, 2.05) is 12.1 Å². The Bertz CT molecular complexity index is 740. The van der Waals surface area contributed by atoms with Crippen LogP contribution in [-0.2, 0) is 6.54 Å². The molecule has 0 aliphatic rings. The fourth-order valence-electron chi connectivity index (χ4n) is 1.84. The van der Waals surface area contributed by atoms with Gasteiger partial charge < -0.3 is 9.67 Å². The van der Waals surface area contributed by atoms with Crippen molar-refractivity contribution in [1.82, 2.24) is 4.57 Å². The fraction of sp³-hybridized carbons (Fsp3) is 0.143. The number of halogens is 2. The van der Waals surface area contributed by atoms with E-state index >= 15 is 0 Å². The molecule has 2 aromatic rings. The minimum atomic E-state index is -1.23. The van der Waals surface area contributed by atoms with Crippen LogP contribution in [-0.4, -0.2) is 15.6 Å². The first-order chi connectivity index (χ1) is 9.38. The second-order valence-corrected chi connectivity index (χ2v) is 5.68. The Labute approximate surface area is 128 Å². The van der Waals surface area contributed by atoms with Crippen molar-refractivity contribution in [1.29, 1.82) is 0 Å². The van der Waals surface area contributed by atoms with Gasteiger partial charge >= 0.3 is 5.97 Å². The lowest BCUT2D eigenvalue weighted by molar-refractivity contribution is 0.0694. The molecule has 4 nitrogen and oxygen atoms in total. The number of rotatable bonds is 3. The van der Waals surface area contributed by atoms with Gasteiger partial charge in [-0.05, 0) is 24.6 Å². The number of hydrogen-bond donors (Lipinski definition) is 1. The number of carbonyl (C=O) groups is 1. The molecule has 1 aromatic carbocycles. The highest BCUT2D eigenvalue weighted by molar-refractivity contribution is 9.10. The van der Waals surface area contributed by atoms with Crippen LogP contribution in [0.4, 0.5) is 0 Å². The predicted molar refractivity (Wildman–Crippen MR) is 80.7 cm³/mol. The molecule has 0 saturated carbocycles. The summed E-state index contributed by atoms with van der Waals surface area (Å²) in [5.74, 6) is -1.23. The van der Waals surface area contributed by atoms with Crippen molar-refractivity contribution in [2.75, 3.05) is 0 Å². The first-order valence-corrected chi connectivity index (χ1v) is 6.94. The summed E-state index contributed by atoms with van der Waals surface area (Å²) in [6.45, 7) is 2.15. The van der Waals surface area contributed by atoms with Gasteiger partial charge in [-0.3, -0.25) is 4.79 Å². The lowest BCUT2D eigenvalue weighted by Gasteiger charge is -2.13. The van der Waals surface area contributed by atoms with Crippen LogP contribution in [0.2, 0.25) is 5.02 Å². The van der Waals surface area contributed by atoms with Crippen LogP contribution in [0, 0.1) is 6.92 Å². The number of hydrogen-bond acceptors (Lipinski definition) is 2. The Morgan fingerprint density at radius 1 is 1.40 bits per heavy atom. The zero-order chi connectivity index (χ0) is 14.9. The second-order valence-electron chi connectivity index (χ2n) is 4.36. The predicted octanol–water partition coefficient (Wildman–Crippen LogP) is 3.32. The molecule has 0 aliphatic heterocycles. The lowest BCUT2D eigenvalue weighted by atomic mass is 10.2. The monoisotopic (exact) mass is 355 g/mol. The summed E-state index contributed by atoms with van der Waals surface area (Å²) >= 11 is 9.47. The van der Waals surface area contributed by atoms with Crippen LogP contribution >= 0.6 is 27.5 Å². The molecule has 0 bridgehead atoms. The van der Waals surface area contributed by atoms with Crippen LogP contribution in [0.5, 0.6) is 0 Å². The average Bonchev–Trinajstić information content (AvgIpc) is 2.35. The van der Waals surface area contributed by atoms with Gasteiger partial charge in [0, 0.05) is 34.0 Å². The van der Waals surface area contributed by atoms with Crippen LogP contribution in [0.15, 0.2) is 39.7 Å². The highest BCUT2D eigenvalue weighted by Gasteiger charge is 2.11. The molecule has 1 aromatic heterocycles. The summed E-state index contributed by atoms with van der Waals surface area (Å²) in [7, 11) is 0. The van der Waals surface area contributed by atoms with Gasteiger partial charge in [-0.15, -0.1) is 0 Å². The molecule has 0 unspecified atom stereocenters. The van der Waals surface area contributed by atoms with Crippen molar-refractivity contribution >= 4 is 33.5 Å². The topological polar surface area (TPSA) is 59.3 Å². The minimum Gasteiger partial charge on any atom is -0.477 e. The number of carboxylic acids is 1. The third-order valence-corrected chi connectivity index (χ3v) is 3.77. The largest absolute Gasteiger partial charge is 0.477 e. The van der Waals surface area contributed by atoms with E-state index in [9.17, 15) is 9.59 Å². The summed E-state index contributed by atoms with van der Waals surface area (Å²) in [4.78, 5) is 22.6. The maximum atomic E-state index is 11.6. The number of nitrogens with zero attached hydrogens (tertiary/aromatic N) is 1. The highest BCUT2D eigenvalue weighted by Crippen LogP contribution is 2.22. The van der Waals surface area contributed by atoms with Gasteiger partial charge in [0.25, 0.3) is 0 Å². The van der Waals surface area contributed by atoms with Crippen LogP contribution in [0.3, 0.4) is 0 Å². The van der Waals surface area contributed by atoms with Gasteiger partial charge in [0.15, 0.2) is 5.43 Å². The van der Waals surface area contributed by atoms with Crippen LogP contribution in [0.25, 0.3) is 0 Å². The lowest BCUT2D eigenvalue weighted by Crippen LogP contribution is -2.19. The molecule has 2 rings (SSSR count). The van der Waals surface area contributed by atoms with E-state index in [0.29, 0.717) is 17.3 Å². The minimum absolute atomic E-state index is 0.246. The van der Waals surface area contributed by atoms with E-state index in [4.69, 9.17) is 16.7 Å². The first kappa shape index (κ1) is 14.8. The van der Waals surface area contributed by atoms with Crippen molar-refractivity contribution < 1.29 is 9.90 Å². The molecular formula is C14H11BrClNO3. The molecular weight excluding hydrogens is 346 g/mol. The molecule has 0 saturated heterocycles. The van der Waals surface area contributed by atoms with Gasteiger partial charge in [-0.25, -0.2) is 4.79 Å². The summed E-state index contributed by atoms with van der Waals surface area (Å²) in [5, 5.41) is 9.57. The summed E-state index contributed by atoms with van der Waals surface area (Å²) < 4.78 is 2.56. The molecule has 104 valence electrons. The van der Waals surface area contributed by atoms with Crippen molar-refractivity contribution in [3.8, 4) is 0 Å². The van der Waals surface area contributed by atoms with Gasteiger partial charge in [-0.2, -0.15) is 0 Å². The molecule has 0 aliphatic carbocycles. The third kappa shape index (κ3) is 3.11. The normalized spacial score (nSPS) is 10.6. The Hall–Kier alpha value is -1.59. The Kier molecular flexibility index (Phi) is 4.30. The van der Waals surface area contributed by atoms with E-state index in [0.717, 1.165) is 10.0 Å². The van der Waals surface area contributed by atoms with E-state index in [1.165, 1.54) is 12.3 Å². The molecule has 0 radical (unpaired) electrons. The van der Waals surface area contributed by atoms with Gasteiger partial charge in [-0.1, -0.05) is 33.6 Å². The SMILES string of the molecule is Cc1cc(=O)c(C(=O)O)cn1Cc1ccc(Br)cc1Cl. The van der Waals surface area contributed by atoms with Gasteiger partial charge in [0.05, 0.1) is 0 Å².